The summed E-state index contributed by atoms with van der Waals surface area (Å²) in [5.41, 5.74) is 1.66. The zero-order valence-electron chi connectivity index (χ0n) is 17.6. The van der Waals surface area contributed by atoms with E-state index in [-0.39, 0.29) is 15.5 Å². The van der Waals surface area contributed by atoms with Crippen molar-refractivity contribution < 1.29 is 21.6 Å². The number of anilines is 1. The maximum absolute atomic E-state index is 13.3. The first kappa shape index (κ1) is 23.7. The Morgan fingerprint density at radius 1 is 1.10 bits per heavy atom. The van der Waals surface area contributed by atoms with E-state index in [0.717, 1.165) is 23.3 Å². The van der Waals surface area contributed by atoms with Gasteiger partial charge in [-0.25, -0.2) is 21.1 Å². The maximum Gasteiger partial charge on any atom is 0.282 e. The normalized spacial score (nSPS) is 12.5. The average Bonchev–Trinajstić information content (AvgIpc) is 3.12. The predicted molar refractivity (Wildman–Crippen MR) is 127 cm³/mol. The van der Waals surface area contributed by atoms with Gasteiger partial charge in [0, 0.05) is 11.1 Å². The van der Waals surface area contributed by atoms with Gasteiger partial charge in [-0.3, -0.25) is 9.78 Å². The van der Waals surface area contributed by atoms with Gasteiger partial charge in [0.05, 0.1) is 36.7 Å². The van der Waals surface area contributed by atoms with Crippen LogP contribution in [0.5, 0.6) is 0 Å². The minimum absolute atomic E-state index is 0.0381. The number of aryl methyl sites for hydroxylation is 1. The molecule has 31 heavy (non-hydrogen) atoms. The lowest BCUT2D eigenvalue weighted by Gasteiger charge is -2.20. The topological polar surface area (TPSA) is 101 Å². The third kappa shape index (κ3) is 4.64. The summed E-state index contributed by atoms with van der Waals surface area (Å²) < 4.78 is 51.7. The van der Waals surface area contributed by atoms with Crippen LogP contribution in [0.1, 0.15) is 29.2 Å². The molecule has 0 spiro atoms. The lowest BCUT2D eigenvalue weighted by Crippen LogP contribution is -2.35. The van der Waals surface area contributed by atoms with Gasteiger partial charge >= 0.3 is 0 Å². The molecule has 0 unspecified atom stereocenters. The minimum Gasteiger partial charge on any atom is -0.267 e. The molecule has 0 radical (unpaired) electrons. The second-order valence-corrected chi connectivity index (χ2v) is 13.7. The molecule has 0 atom stereocenters. The van der Waals surface area contributed by atoms with Crippen LogP contribution in [0, 0.1) is 6.92 Å². The molecule has 3 aromatic rings. The lowest BCUT2D eigenvalue weighted by atomic mass is 10.2. The van der Waals surface area contributed by atoms with Crippen LogP contribution < -0.4 is 4.31 Å². The fourth-order valence-corrected chi connectivity index (χ4v) is 7.66. The summed E-state index contributed by atoms with van der Waals surface area (Å²) in [5, 5.41) is 0.0158. The van der Waals surface area contributed by atoms with Crippen molar-refractivity contribution in [2.45, 2.75) is 35.1 Å². The highest BCUT2D eigenvalue weighted by molar-refractivity contribution is 8.01. The van der Waals surface area contributed by atoms with Gasteiger partial charge in [-0.1, -0.05) is 6.07 Å². The van der Waals surface area contributed by atoms with Crippen LogP contribution in [-0.4, -0.2) is 45.5 Å². The second kappa shape index (κ2) is 8.53. The highest BCUT2D eigenvalue weighted by atomic mass is 32.2. The Bertz CT molecular complexity index is 1380. The number of aromatic nitrogens is 1. The molecule has 0 saturated carbocycles. The Morgan fingerprint density at radius 3 is 2.35 bits per heavy atom. The summed E-state index contributed by atoms with van der Waals surface area (Å²) >= 11 is 2.18. The van der Waals surface area contributed by atoms with Crippen LogP contribution in [-0.2, 0) is 19.9 Å². The number of amides is 1. The number of carbonyl (C=O) groups is 1. The van der Waals surface area contributed by atoms with Crippen LogP contribution in [0.2, 0.25) is 0 Å². The van der Waals surface area contributed by atoms with Crippen molar-refractivity contribution in [2.24, 2.45) is 0 Å². The van der Waals surface area contributed by atoms with Crippen molar-refractivity contribution in [1.29, 1.82) is 0 Å². The van der Waals surface area contributed by atoms with E-state index < -0.39 is 31.0 Å². The molecule has 0 N–H and O–H groups in total. The van der Waals surface area contributed by atoms with Crippen molar-refractivity contribution >= 4 is 65.5 Å². The van der Waals surface area contributed by atoms with E-state index in [1.165, 1.54) is 23.9 Å². The number of rotatable bonds is 6. The zero-order valence-corrected chi connectivity index (χ0v) is 20.9. The Balaban J connectivity index is 2.14. The van der Waals surface area contributed by atoms with Gasteiger partial charge in [-0.2, -0.15) is 0 Å². The third-order valence-corrected chi connectivity index (χ3v) is 10.3. The molecule has 7 nitrogen and oxygen atoms in total. The average molecular weight is 499 g/mol. The van der Waals surface area contributed by atoms with Crippen LogP contribution in [0.4, 0.5) is 5.69 Å². The molecular weight excluding hydrogens is 476 g/mol. The Kier molecular flexibility index (Phi) is 6.52. The highest BCUT2D eigenvalue weighted by Gasteiger charge is 2.32. The summed E-state index contributed by atoms with van der Waals surface area (Å²) in [6.07, 6.45) is 2.66. The van der Waals surface area contributed by atoms with Gasteiger partial charge in [-0.05, 0) is 57.4 Å². The van der Waals surface area contributed by atoms with Crippen LogP contribution in [0.25, 0.3) is 10.9 Å². The van der Waals surface area contributed by atoms with E-state index in [1.54, 1.807) is 44.4 Å². The van der Waals surface area contributed by atoms with Gasteiger partial charge in [0.25, 0.3) is 5.91 Å². The molecule has 3 rings (SSSR count). The number of carbonyl (C=O) groups excluding carboxylic acids is 1. The second-order valence-electron chi connectivity index (χ2n) is 7.22. The molecule has 166 valence electrons. The first-order valence-electron chi connectivity index (χ1n) is 9.20. The van der Waals surface area contributed by atoms with Crippen LogP contribution in [0.3, 0.4) is 0 Å². The van der Waals surface area contributed by atoms with E-state index in [9.17, 15) is 21.6 Å². The van der Waals surface area contributed by atoms with Crippen molar-refractivity contribution in [3.05, 3.63) is 47.0 Å². The molecule has 0 aliphatic heterocycles. The Labute approximate surface area is 190 Å². The molecular formula is C20H22N2O5S4. The van der Waals surface area contributed by atoms with Gasteiger partial charge in [0.2, 0.25) is 10.0 Å². The Morgan fingerprint density at radius 2 is 1.77 bits per heavy atom. The van der Waals surface area contributed by atoms with E-state index in [2.05, 4.69) is 4.98 Å². The standard InChI is InChI=1S/C20H22N2O5S4/c1-12(2)31(26,27)18-11-17(29-20(18)28-4)19(23)22(30(5,24)25)15-8-9-16-14(10-15)7-6-13(3)21-16/h6-12H,1-5H3. The zero-order chi connectivity index (χ0) is 23.1. The molecule has 11 heteroatoms. The van der Waals surface area contributed by atoms with Crippen molar-refractivity contribution in [3.63, 3.8) is 0 Å². The SMILES string of the molecule is CSc1sc(C(=O)N(c2ccc3nc(C)ccc3c2)S(C)(=O)=O)cc1S(=O)(=O)C(C)C. The number of sulfone groups is 1. The van der Waals surface area contributed by atoms with Gasteiger partial charge in [0.1, 0.15) is 0 Å². The van der Waals surface area contributed by atoms with E-state index in [4.69, 9.17) is 0 Å². The maximum atomic E-state index is 13.3. The van der Waals surface area contributed by atoms with Gasteiger partial charge in [0.15, 0.2) is 9.84 Å². The molecule has 0 aliphatic carbocycles. The number of hydrogen-bond donors (Lipinski definition) is 0. The number of nitrogens with zero attached hydrogens (tertiary/aromatic N) is 2. The van der Waals surface area contributed by atoms with Crippen LogP contribution >= 0.6 is 23.1 Å². The number of benzene rings is 1. The minimum atomic E-state index is -3.99. The van der Waals surface area contributed by atoms with Gasteiger partial charge < -0.3 is 0 Å². The summed E-state index contributed by atoms with van der Waals surface area (Å²) in [6.45, 7) is 4.97. The van der Waals surface area contributed by atoms with E-state index >= 15 is 0 Å². The molecule has 2 aromatic heterocycles. The number of thioether (sulfide) groups is 1. The number of sulfonamides is 1. The Hall–Kier alpha value is -1.95. The fourth-order valence-electron chi connectivity index (χ4n) is 2.96. The molecule has 1 amide bonds. The first-order chi connectivity index (χ1) is 14.4. The number of fused-ring (bicyclic) bond motifs is 1. The smallest absolute Gasteiger partial charge is 0.267 e. The largest absolute Gasteiger partial charge is 0.282 e. The molecule has 2 heterocycles. The lowest BCUT2D eigenvalue weighted by molar-refractivity contribution is 0.101. The first-order valence-corrected chi connectivity index (χ1v) is 14.6. The number of pyridine rings is 1. The monoisotopic (exact) mass is 498 g/mol. The van der Waals surface area contributed by atoms with E-state index in [0.29, 0.717) is 19.4 Å². The van der Waals surface area contributed by atoms with E-state index in [1.807, 2.05) is 6.92 Å². The quantitative estimate of drug-likeness (QED) is 0.471. The molecule has 1 aromatic carbocycles. The number of hydrogen-bond acceptors (Lipinski definition) is 8. The van der Waals surface area contributed by atoms with Crippen molar-refractivity contribution in [1.82, 2.24) is 4.98 Å². The number of thiophene rings is 1. The van der Waals surface area contributed by atoms with Crippen LogP contribution in [0.15, 0.2) is 45.5 Å². The fraction of sp³-hybridized carbons (Fsp3) is 0.300. The molecule has 0 aliphatic rings. The molecule has 0 saturated heterocycles. The summed E-state index contributed by atoms with van der Waals surface area (Å²) in [5.74, 6) is -0.799. The summed E-state index contributed by atoms with van der Waals surface area (Å²) in [4.78, 5) is 17.8. The summed E-state index contributed by atoms with van der Waals surface area (Å²) in [6, 6.07) is 9.62. The van der Waals surface area contributed by atoms with Crippen molar-refractivity contribution in [3.8, 4) is 0 Å². The predicted octanol–water partition coefficient (Wildman–Crippen LogP) is 4.12. The van der Waals surface area contributed by atoms with Gasteiger partial charge in [-0.15, -0.1) is 23.1 Å². The third-order valence-electron chi connectivity index (χ3n) is 4.55. The van der Waals surface area contributed by atoms with Crippen molar-refractivity contribution in [2.75, 3.05) is 16.8 Å². The molecule has 0 fully saturated rings. The highest BCUT2D eigenvalue weighted by Crippen LogP contribution is 2.37. The summed E-state index contributed by atoms with van der Waals surface area (Å²) in [7, 11) is -7.62. The molecule has 0 bridgehead atoms.